The maximum Gasteiger partial charge on any atom is 0.145 e. The summed E-state index contributed by atoms with van der Waals surface area (Å²) in [7, 11) is 0. The molecule has 2 N–H and O–H groups in total. The first-order valence-corrected chi connectivity index (χ1v) is 6.86. The largest absolute Gasteiger partial charge is 0.484 e. The van der Waals surface area contributed by atoms with Gasteiger partial charge in [0.25, 0.3) is 0 Å². The summed E-state index contributed by atoms with van der Waals surface area (Å²) in [6, 6.07) is 5.92. The zero-order valence-electron chi connectivity index (χ0n) is 11.7. The third kappa shape index (κ3) is 2.71. The van der Waals surface area contributed by atoms with Gasteiger partial charge in [0.15, 0.2) is 0 Å². The van der Waals surface area contributed by atoms with Gasteiger partial charge in [0.05, 0.1) is 12.2 Å². The van der Waals surface area contributed by atoms with Gasteiger partial charge in [0.1, 0.15) is 17.0 Å². The molecule has 0 atom stereocenters. The van der Waals surface area contributed by atoms with Crippen molar-refractivity contribution in [3.8, 4) is 5.75 Å². The fourth-order valence-electron chi connectivity index (χ4n) is 2.57. The lowest BCUT2D eigenvalue weighted by atomic mass is 10.0. The summed E-state index contributed by atoms with van der Waals surface area (Å²) in [5, 5.41) is 0. The van der Waals surface area contributed by atoms with E-state index in [0.29, 0.717) is 0 Å². The minimum absolute atomic E-state index is 0.146. The molecular formula is C15H24N2O. The maximum atomic E-state index is 6.10. The Hall–Kier alpha value is -1.38. The molecule has 1 aliphatic heterocycles. The quantitative estimate of drug-likeness (QED) is 0.655. The van der Waals surface area contributed by atoms with Crippen LogP contribution in [0.3, 0.4) is 0 Å². The Balaban J connectivity index is 2.24. The van der Waals surface area contributed by atoms with E-state index in [-0.39, 0.29) is 5.60 Å². The van der Waals surface area contributed by atoms with Crippen LogP contribution in [0.2, 0.25) is 0 Å². The van der Waals surface area contributed by atoms with Gasteiger partial charge in [-0.2, -0.15) is 0 Å². The molecule has 100 valence electrons. The van der Waals surface area contributed by atoms with Crippen molar-refractivity contribution in [3.63, 3.8) is 0 Å². The van der Waals surface area contributed by atoms with Gasteiger partial charge in [-0.1, -0.05) is 25.8 Å². The third-order valence-electron chi connectivity index (χ3n) is 3.34. The lowest BCUT2D eigenvalue weighted by Gasteiger charge is -2.41. The zero-order chi connectivity index (χ0) is 13.2. The van der Waals surface area contributed by atoms with Crippen LogP contribution in [0.4, 0.5) is 11.4 Å². The van der Waals surface area contributed by atoms with Gasteiger partial charge in [0, 0.05) is 6.54 Å². The molecule has 2 rings (SSSR count). The summed E-state index contributed by atoms with van der Waals surface area (Å²) < 4.78 is 6.01. The number of rotatable bonds is 4. The monoisotopic (exact) mass is 248 g/mol. The van der Waals surface area contributed by atoms with E-state index in [4.69, 9.17) is 10.5 Å². The fourth-order valence-corrected chi connectivity index (χ4v) is 2.57. The van der Waals surface area contributed by atoms with Crippen LogP contribution in [0.15, 0.2) is 18.2 Å². The van der Waals surface area contributed by atoms with E-state index in [2.05, 4.69) is 25.7 Å². The highest BCUT2D eigenvalue weighted by Gasteiger charge is 2.32. The number of para-hydroxylation sites is 1. The SMILES string of the molecule is CCCCCN1CC(C)(C)Oc2cccc(N)c21. The summed E-state index contributed by atoms with van der Waals surface area (Å²) in [4.78, 5) is 2.38. The number of fused-ring (bicyclic) bond motifs is 1. The van der Waals surface area contributed by atoms with Crippen molar-refractivity contribution in [1.82, 2.24) is 0 Å². The molecular weight excluding hydrogens is 224 g/mol. The van der Waals surface area contributed by atoms with Crippen LogP contribution >= 0.6 is 0 Å². The first-order valence-electron chi connectivity index (χ1n) is 6.86. The second-order valence-corrected chi connectivity index (χ2v) is 5.68. The Morgan fingerprint density at radius 2 is 2.11 bits per heavy atom. The van der Waals surface area contributed by atoms with Crippen LogP contribution < -0.4 is 15.4 Å². The number of ether oxygens (including phenoxy) is 1. The van der Waals surface area contributed by atoms with Crippen molar-refractivity contribution >= 4 is 11.4 Å². The number of nitrogen functional groups attached to an aromatic ring is 1. The minimum atomic E-state index is -0.146. The molecule has 0 saturated heterocycles. The lowest BCUT2D eigenvalue weighted by Crippen LogP contribution is -2.47. The van der Waals surface area contributed by atoms with Crippen molar-refractivity contribution in [3.05, 3.63) is 18.2 Å². The Labute approximate surface area is 110 Å². The lowest BCUT2D eigenvalue weighted by molar-refractivity contribution is 0.105. The number of nitrogens with two attached hydrogens (primary N) is 1. The van der Waals surface area contributed by atoms with E-state index in [0.717, 1.165) is 30.2 Å². The molecule has 3 heteroatoms. The molecule has 0 radical (unpaired) electrons. The number of unbranched alkanes of at least 4 members (excludes halogenated alkanes) is 2. The molecule has 0 aromatic heterocycles. The van der Waals surface area contributed by atoms with E-state index in [1.807, 2.05) is 18.2 Å². The standard InChI is InChI=1S/C15H24N2O/c1-4-5-6-10-17-11-15(2,3)18-13-9-7-8-12(16)14(13)17/h7-9H,4-6,10-11,16H2,1-3H3. The Morgan fingerprint density at radius 3 is 2.83 bits per heavy atom. The number of nitrogens with zero attached hydrogens (tertiary/aromatic N) is 1. The Kier molecular flexibility index (Phi) is 3.69. The first-order chi connectivity index (χ1) is 8.53. The van der Waals surface area contributed by atoms with Crippen LogP contribution in [0.5, 0.6) is 5.75 Å². The average molecular weight is 248 g/mol. The number of hydrogen-bond donors (Lipinski definition) is 1. The smallest absolute Gasteiger partial charge is 0.145 e. The molecule has 1 heterocycles. The Morgan fingerprint density at radius 1 is 1.33 bits per heavy atom. The van der Waals surface area contributed by atoms with Crippen molar-refractivity contribution in [2.24, 2.45) is 0 Å². The van der Waals surface area contributed by atoms with Crippen LogP contribution in [0.25, 0.3) is 0 Å². The molecule has 1 aromatic carbocycles. The molecule has 0 fully saturated rings. The molecule has 1 aliphatic rings. The second-order valence-electron chi connectivity index (χ2n) is 5.68. The highest BCUT2D eigenvalue weighted by molar-refractivity contribution is 5.76. The van der Waals surface area contributed by atoms with E-state index >= 15 is 0 Å². The highest BCUT2D eigenvalue weighted by Crippen LogP contribution is 2.40. The highest BCUT2D eigenvalue weighted by atomic mass is 16.5. The molecule has 0 saturated carbocycles. The van der Waals surface area contributed by atoms with Crippen molar-refractivity contribution in [2.75, 3.05) is 23.7 Å². The van der Waals surface area contributed by atoms with Crippen LogP contribution in [-0.2, 0) is 0 Å². The summed E-state index contributed by atoms with van der Waals surface area (Å²) in [6.07, 6.45) is 3.71. The van der Waals surface area contributed by atoms with Gasteiger partial charge in [0.2, 0.25) is 0 Å². The van der Waals surface area contributed by atoms with E-state index in [1.165, 1.54) is 19.3 Å². The van der Waals surface area contributed by atoms with Gasteiger partial charge in [-0.05, 0) is 32.4 Å². The van der Waals surface area contributed by atoms with Crippen molar-refractivity contribution in [1.29, 1.82) is 0 Å². The number of anilines is 2. The van der Waals surface area contributed by atoms with Crippen LogP contribution in [-0.4, -0.2) is 18.7 Å². The molecule has 0 aliphatic carbocycles. The van der Waals surface area contributed by atoms with E-state index in [9.17, 15) is 0 Å². The van der Waals surface area contributed by atoms with Gasteiger partial charge < -0.3 is 15.4 Å². The van der Waals surface area contributed by atoms with E-state index < -0.39 is 0 Å². The van der Waals surface area contributed by atoms with Crippen molar-refractivity contribution in [2.45, 2.75) is 45.6 Å². The van der Waals surface area contributed by atoms with Gasteiger partial charge in [-0.3, -0.25) is 0 Å². The van der Waals surface area contributed by atoms with Crippen molar-refractivity contribution < 1.29 is 4.74 Å². The molecule has 0 bridgehead atoms. The number of hydrogen-bond acceptors (Lipinski definition) is 3. The summed E-state index contributed by atoms with van der Waals surface area (Å²) in [5.74, 6) is 0.919. The molecule has 1 aromatic rings. The van der Waals surface area contributed by atoms with Crippen LogP contribution in [0, 0.1) is 0 Å². The van der Waals surface area contributed by atoms with Crippen LogP contribution in [0.1, 0.15) is 40.0 Å². The van der Waals surface area contributed by atoms with Gasteiger partial charge in [-0.25, -0.2) is 0 Å². The average Bonchev–Trinajstić information content (AvgIpc) is 2.27. The summed E-state index contributed by atoms with van der Waals surface area (Å²) in [5.41, 5.74) is 7.85. The molecule has 3 nitrogen and oxygen atoms in total. The zero-order valence-corrected chi connectivity index (χ0v) is 11.7. The summed E-state index contributed by atoms with van der Waals surface area (Å²) in [6.45, 7) is 8.45. The van der Waals surface area contributed by atoms with E-state index in [1.54, 1.807) is 0 Å². The normalized spacial score (nSPS) is 17.2. The molecule has 0 spiro atoms. The predicted molar refractivity (Wildman–Crippen MR) is 77.3 cm³/mol. The van der Waals surface area contributed by atoms with Gasteiger partial charge in [-0.15, -0.1) is 0 Å². The predicted octanol–water partition coefficient (Wildman–Crippen LogP) is 3.44. The fraction of sp³-hybridized carbons (Fsp3) is 0.600. The topological polar surface area (TPSA) is 38.5 Å². The molecule has 0 unspecified atom stereocenters. The summed E-state index contributed by atoms with van der Waals surface area (Å²) >= 11 is 0. The first kappa shape index (κ1) is 13.1. The Bertz CT molecular complexity index is 415. The maximum absolute atomic E-state index is 6.10. The molecule has 18 heavy (non-hydrogen) atoms. The second kappa shape index (κ2) is 5.09. The van der Waals surface area contributed by atoms with Gasteiger partial charge >= 0.3 is 0 Å². The minimum Gasteiger partial charge on any atom is -0.484 e. The third-order valence-corrected chi connectivity index (χ3v) is 3.34. The number of benzene rings is 1. The molecule has 0 amide bonds.